The van der Waals surface area contributed by atoms with Crippen LogP contribution < -0.4 is 4.90 Å². The molecule has 184 valence electrons. The van der Waals surface area contributed by atoms with E-state index < -0.39 is 47.0 Å². The third kappa shape index (κ3) is 3.15. The number of anilines is 1. The van der Waals surface area contributed by atoms with Crippen LogP contribution in [0, 0.1) is 31.6 Å². The number of carbonyl (C=O) groups is 3. The Bertz CT molecular complexity index is 1060. The molecule has 8 heteroatoms. The fourth-order valence-electron chi connectivity index (χ4n) is 6.49. The van der Waals surface area contributed by atoms with Crippen LogP contribution in [-0.4, -0.2) is 69.3 Å². The predicted molar refractivity (Wildman–Crippen MR) is 126 cm³/mol. The van der Waals surface area contributed by atoms with E-state index in [2.05, 4.69) is 6.58 Å². The fraction of sp³-hybridized carbons (Fsp3) is 0.577. The molecule has 3 heterocycles. The van der Waals surface area contributed by atoms with Crippen LogP contribution in [0.25, 0.3) is 0 Å². The fourth-order valence-corrected chi connectivity index (χ4v) is 6.49. The zero-order valence-corrected chi connectivity index (χ0v) is 20.4. The summed E-state index contributed by atoms with van der Waals surface area (Å²) in [6, 6.07) is 4.08. The summed E-state index contributed by atoms with van der Waals surface area (Å²) in [7, 11) is 0. The first-order valence-corrected chi connectivity index (χ1v) is 11.8. The van der Waals surface area contributed by atoms with Crippen molar-refractivity contribution in [2.24, 2.45) is 17.8 Å². The molecule has 4 rings (SSSR count). The number of carboxylic acid groups (broad SMARTS) is 1. The van der Waals surface area contributed by atoms with Crippen LogP contribution in [-0.2, 0) is 19.1 Å². The lowest BCUT2D eigenvalue weighted by Crippen LogP contribution is -2.58. The molecule has 1 spiro atoms. The molecule has 8 nitrogen and oxygen atoms in total. The minimum absolute atomic E-state index is 0.161. The third-order valence-corrected chi connectivity index (χ3v) is 8.22. The Labute approximate surface area is 200 Å². The van der Waals surface area contributed by atoms with E-state index in [9.17, 15) is 24.6 Å². The van der Waals surface area contributed by atoms with E-state index in [1.54, 1.807) is 24.8 Å². The highest BCUT2D eigenvalue weighted by atomic mass is 16.5. The lowest BCUT2D eigenvalue weighted by Gasteiger charge is -2.39. The first kappa shape index (κ1) is 24.4. The minimum atomic E-state index is -1.27. The molecule has 1 aromatic carbocycles. The summed E-state index contributed by atoms with van der Waals surface area (Å²) in [5, 5.41) is 20.1. The lowest BCUT2D eigenvalue weighted by atomic mass is 9.62. The van der Waals surface area contributed by atoms with Crippen LogP contribution >= 0.6 is 0 Å². The van der Waals surface area contributed by atoms with E-state index in [0.717, 1.165) is 11.1 Å². The normalized spacial score (nSPS) is 34.8. The van der Waals surface area contributed by atoms with Gasteiger partial charge in [0.25, 0.3) is 5.91 Å². The summed E-state index contributed by atoms with van der Waals surface area (Å²) in [5.41, 5.74) is 0.247. The standard InChI is InChI=1S/C26H34N2O6/c1-7-10-27(18-11-14(2)8-9-15(18)3)23(31)21-26-12-16(4)25(6,34-26)20(24(32)33)19(26)22(30)28(21)17(5)13-29/h7-9,11,16-17,19-21,29H,1,10,12-13H2,2-6H3,(H,32,33)/t16?,17-,19+,20+,21?,25-,26?/m1/s1. The summed E-state index contributed by atoms with van der Waals surface area (Å²) in [6.07, 6.45) is 2.02. The topological polar surface area (TPSA) is 107 Å². The number of carboxylic acids is 1. The average Bonchev–Trinajstić information content (AvgIpc) is 3.29. The van der Waals surface area contributed by atoms with Crippen molar-refractivity contribution in [3.05, 3.63) is 42.0 Å². The molecule has 0 saturated carbocycles. The van der Waals surface area contributed by atoms with Gasteiger partial charge in [0, 0.05) is 12.2 Å². The monoisotopic (exact) mass is 470 g/mol. The second-order valence-electron chi connectivity index (χ2n) is 10.3. The highest BCUT2D eigenvalue weighted by molar-refractivity contribution is 6.05. The van der Waals surface area contributed by atoms with Crippen molar-refractivity contribution in [2.45, 2.75) is 64.3 Å². The second-order valence-corrected chi connectivity index (χ2v) is 10.3. The van der Waals surface area contributed by atoms with Gasteiger partial charge in [-0.1, -0.05) is 25.1 Å². The molecule has 0 aliphatic carbocycles. The summed E-state index contributed by atoms with van der Waals surface area (Å²) >= 11 is 0. The molecule has 1 aromatic rings. The summed E-state index contributed by atoms with van der Waals surface area (Å²) in [5.74, 6) is -4.11. The van der Waals surface area contributed by atoms with Crippen LogP contribution in [0.2, 0.25) is 0 Å². The summed E-state index contributed by atoms with van der Waals surface area (Å²) < 4.78 is 6.51. The van der Waals surface area contributed by atoms with Crippen LogP contribution in [0.5, 0.6) is 0 Å². The Morgan fingerprint density at radius 2 is 2.06 bits per heavy atom. The van der Waals surface area contributed by atoms with Gasteiger partial charge in [0.2, 0.25) is 5.91 Å². The molecule has 3 aliphatic rings. The first-order chi connectivity index (χ1) is 15.9. The zero-order valence-electron chi connectivity index (χ0n) is 20.4. The van der Waals surface area contributed by atoms with Gasteiger partial charge < -0.3 is 24.7 Å². The van der Waals surface area contributed by atoms with E-state index >= 15 is 0 Å². The van der Waals surface area contributed by atoms with E-state index in [-0.39, 0.29) is 25.0 Å². The number of benzene rings is 1. The zero-order chi connectivity index (χ0) is 25.2. The summed E-state index contributed by atoms with van der Waals surface area (Å²) in [6.45, 7) is 12.9. The van der Waals surface area contributed by atoms with Crippen molar-refractivity contribution in [2.75, 3.05) is 18.1 Å². The second kappa shape index (κ2) is 8.20. The van der Waals surface area contributed by atoms with Gasteiger partial charge in [-0.2, -0.15) is 0 Å². The van der Waals surface area contributed by atoms with Gasteiger partial charge >= 0.3 is 5.97 Å². The van der Waals surface area contributed by atoms with Crippen molar-refractivity contribution in [1.82, 2.24) is 4.90 Å². The first-order valence-electron chi connectivity index (χ1n) is 11.8. The number of likely N-dealkylation sites (tertiary alicyclic amines) is 1. The molecule has 2 bridgehead atoms. The quantitative estimate of drug-likeness (QED) is 0.592. The molecule has 7 atom stereocenters. The lowest BCUT2D eigenvalue weighted by molar-refractivity contribution is -0.157. The number of hydrogen-bond donors (Lipinski definition) is 2. The third-order valence-electron chi connectivity index (χ3n) is 8.22. The molecular weight excluding hydrogens is 436 g/mol. The Hall–Kier alpha value is -2.71. The molecule has 3 aliphatic heterocycles. The number of rotatable bonds is 7. The van der Waals surface area contributed by atoms with Gasteiger partial charge in [0.15, 0.2) is 0 Å². The Balaban J connectivity index is 1.89. The highest BCUT2D eigenvalue weighted by Gasteiger charge is 2.80. The number of amides is 2. The molecule has 2 amide bonds. The van der Waals surface area contributed by atoms with Gasteiger partial charge in [-0.3, -0.25) is 14.4 Å². The Morgan fingerprint density at radius 3 is 2.65 bits per heavy atom. The van der Waals surface area contributed by atoms with E-state index in [1.165, 1.54) is 4.90 Å². The molecule has 3 unspecified atom stereocenters. The number of aliphatic hydroxyl groups excluding tert-OH is 1. The summed E-state index contributed by atoms with van der Waals surface area (Å²) in [4.78, 5) is 43.5. The highest BCUT2D eigenvalue weighted by Crippen LogP contribution is 2.65. The number of aryl methyl sites for hydroxylation is 2. The Morgan fingerprint density at radius 1 is 1.38 bits per heavy atom. The van der Waals surface area contributed by atoms with Crippen LogP contribution in [0.15, 0.2) is 30.9 Å². The van der Waals surface area contributed by atoms with Crippen molar-refractivity contribution >= 4 is 23.5 Å². The maximum Gasteiger partial charge on any atom is 0.310 e. The number of ether oxygens (including phenoxy) is 1. The smallest absolute Gasteiger partial charge is 0.310 e. The van der Waals surface area contributed by atoms with Crippen LogP contribution in [0.1, 0.15) is 38.3 Å². The minimum Gasteiger partial charge on any atom is -0.481 e. The van der Waals surface area contributed by atoms with Crippen molar-refractivity contribution in [3.8, 4) is 0 Å². The van der Waals surface area contributed by atoms with Crippen molar-refractivity contribution in [3.63, 3.8) is 0 Å². The number of hydrogen-bond acceptors (Lipinski definition) is 5. The van der Waals surface area contributed by atoms with E-state index in [4.69, 9.17) is 4.74 Å². The number of fused-ring (bicyclic) bond motifs is 1. The van der Waals surface area contributed by atoms with Crippen molar-refractivity contribution < 1.29 is 29.3 Å². The molecule has 3 fully saturated rings. The number of carbonyl (C=O) groups excluding carboxylic acids is 2. The van der Waals surface area contributed by atoms with Gasteiger partial charge in [0.1, 0.15) is 17.6 Å². The maximum atomic E-state index is 14.4. The molecule has 34 heavy (non-hydrogen) atoms. The van der Waals surface area contributed by atoms with Crippen molar-refractivity contribution in [1.29, 1.82) is 0 Å². The van der Waals surface area contributed by atoms with Gasteiger partial charge in [0.05, 0.1) is 24.2 Å². The maximum absolute atomic E-state index is 14.4. The van der Waals surface area contributed by atoms with Gasteiger partial charge in [-0.15, -0.1) is 6.58 Å². The van der Waals surface area contributed by atoms with E-state index in [1.807, 2.05) is 39.0 Å². The number of aliphatic hydroxyl groups is 1. The molecule has 0 radical (unpaired) electrons. The van der Waals surface area contributed by atoms with E-state index in [0.29, 0.717) is 12.1 Å². The van der Waals surface area contributed by atoms with Crippen LogP contribution in [0.4, 0.5) is 5.69 Å². The predicted octanol–water partition coefficient (Wildman–Crippen LogP) is 2.30. The molecule has 2 N–H and O–H groups in total. The molecule has 0 aromatic heterocycles. The van der Waals surface area contributed by atoms with Gasteiger partial charge in [-0.05, 0) is 57.2 Å². The molecule has 3 saturated heterocycles. The average molecular weight is 471 g/mol. The number of nitrogens with zero attached hydrogens (tertiary/aromatic N) is 2. The largest absolute Gasteiger partial charge is 0.481 e. The molecular formula is C26H34N2O6. The van der Waals surface area contributed by atoms with Gasteiger partial charge in [-0.25, -0.2) is 0 Å². The SMILES string of the molecule is C=CCN(C(=O)C1N([C@H](C)CO)C(=O)[C@@H]2[C@@H](C(=O)O)[C@]3(C)OC12CC3C)c1cc(C)ccc1C. The Kier molecular flexibility index (Phi) is 5.89. The number of aliphatic carboxylic acids is 1. The van der Waals surface area contributed by atoms with Crippen LogP contribution in [0.3, 0.4) is 0 Å².